The number of hydrogen-bond acceptors (Lipinski definition) is 3. The summed E-state index contributed by atoms with van der Waals surface area (Å²) in [5.74, 6) is 0.695. The van der Waals surface area contributed by atoms with Crippen LogP contribution in [-0.2, 0) is 24.3 Å². The van der Waals surface area contributed by atoms with Crippen LogP contribution in [0.15, 0.2) is 60.8 Å². The van der Waals surface area contributed by atoms with Crippen LogP contribution in [0.5, 0.6) is 0 Å². The smallest absolute Gasteiger partial charge is 0.135 e. The van der Waals surface area contributed by atoms with E-state index in [-0.39, 0.29) is 11.9 Å². The number of hydrogen-bond donors (Lipinski definition) is 1. The molecule has 5 heteroatoms. The molecule has 0 saturated heterocycles. The molecule has 1 N–H and O–H groups in total. The Morgan fingerprint density at radius 2 is 1.92 bits per heavy atom. The van der Waals surface area contributed by atoms with Crippen LogP contribution in [0.25, 0.3) is 11.3 Å². The van der Waals surface area contributed by atoms with Gasteiger partial charge in [0, 0.05) is 6.54 Å². The van der Waals surface area contributed by atoms with Crippen LogP contribution >= 0.6 is 0 Å². The topological polar surface area (TPSA) is 39.1 Å². The second-order valence-corrected chi connectivity index (χ2v) is 6.55. The molecule has 0 spiro atoms. The summed E-state index contributed by atoms with van der Waals surface area (Å²) < 4.78 is 21.3. The third-order valence-corrected chi connectivity index (χ3v) is 4.72. The normalized spacial score (nSPS) is 16.4. The Kier molecular flexibility index (Phi) is 5.09. The van der Waals surface area contributed by atoms with Crippen molar-refractivity contribution in [1.82, 2.24) is 14.9 Å². The summed E-state index contributed by atoms with van der Waals surface area (Å²) in [5.41, 5.74) is 3.32. The Hall–Kier alpha value is -2.50. The fourth-order valence-electron chi connectivity index (χ4n) is 3.30. The molecule has 0 radical (unpaired) electrons. The van der Waals surface area contributed by atoms with E-state index in [2.05, 4.69) is 39.1 Å². The molecule has 0 unspecified atom stereocenters. The SMILES string of the molecule is Fc1ccc(-c2cnc3n2C[C@H](CNCCc2ccccc2)OC3)cc1. The minimum atomic E-state index is -0.226. The molecule has 2 heterocycles. The summed E-state index contributed by atoms with van der Waals surface area (Å²) in [6, 6.07) is 17.0. The molecule has 0 amide bonds. The molecule has 3 aromatic rings. The molecule has 26 heavy (non-hydrogen) atoms. The largest absolute Gasteiger partial charge is 0.367 e. The van der Waals surface area contributed by atoms with Crippen LogP contribution in [0.3, 0.4) is 0 Å². The van der Waals surface area contributed by atoms with Crippen molar-refractivity contribution < 1.29 is 9.13 Å². The van der Waals surface area contributed by atoms with Crippen molar-refractivity contribution in [2.45, 2.75) is 25.7 Å². The third-order valence-electron chi connectivity index (χ3n) is 4.72. The van der Waals surface area contributed by atoms with E-state index >= 15 is 0 Å². The Morgan fingerprint density at radius 1 is 1.12 bits per heavy atom. The van der Waals surface area contributed by atoms with Gasteiger partial charge in [0.2, 0.25) is 0 Å². The number of benzene rings is 2. The van der Waals surface area contributed by atoms with Gasteiger partial charge in [-0.2, -0.15) is 0 Å². The van der Waals surface area contributed by atoms with Gasteiger partial charge in [-0.05, 0) is 48.4 Å². The van der Waals surface area contributed by atoms with Crippen molar-refractivity contribution in [2.24, 2.45) is 0 Å². The van der Waals surface area contributed by atoms with Crippen LogP contribution in [0.4, 0.5) is 4.39 Å². The van der Waals surface area contributed by atoms with Crippen molar-refractivity contribution in [3.63, 3.8) is 0 Å². The van der Waals surface area contributed by atoms with E-state index in [1.807, 2.05) is 12.3 Å². The van der Waals surface area contributed by atoms with Gasteiger partial charge in [-0.15, -0.1) is 0 Å². The van der Waals surface area contributed by atoms with Gasteiger partial charge in [0.05, 0.1) is 24.5 Å². The first-order chi connectivity index (χ1) is 12.8. The minimum absolute atomic E-state index is 0.103. The van der Waals surface area contributed by atoms with Gasteiger partial charge in [-0.1, -0.05) is 30.3 Å². The molecule has 0 aliphatic carbocycles. The molecule has 1 aromatic heterocycles. The molecule has 1 atom stereocenters. The second kappa shape index (κ2) is 7.81. The first-order valence-corrected chi connectivity index (χ1v) is 8.96. The molecule has 0 fully saturated rings. The minimum Gasteiger partial charge on any atom is -0.367 e. The van der Waals surface area contributed by atoms with E-state index in [4.69, 9.17) is 4.74 Å². The fourth-order valence-corrected chi connectivity index (χ4v) is 3.30. The van der Waals surface area contributed by atoms with Gasteiger partial charge in [0.15, 0.2) is 0 Å². The van der Waals surface area contributed by atoms with E-state index in [0.717, 1.165) is 43.1 Å². The summed E-state index contributed by atoms with van der Waals surface area (Å²) in [6.07, 6.45) is 2.95. The molecule has 1 aliphatic heterocycles. The number of nitrogens with zero attached hydrogens (tertiary/aromatic N) is 2. The van der Waals surface area contributed by atoms with Gasteiger partial charge in [0.1, 0.15) is 18.2 Å². The van der Waals surface area contributed by atoms with Gasteiger partial charge in [-0.3, -0.25) is 0 Å². The average molecular weight is 351 g/mol. The first kappa shape index (κ1) is 16.9. The lowest BCUT2D eigenvalue weighted by molar-refractivity contribution is 0.00358. The Bertz CT molecular complexity index is 845. The predicted octanol–water partition coefficient (Wildman–Crippen LogP) is 3.42. The highest BCUT2D eigenvalue weighted by atomic mass is 19.1. The van der Waals surface area contributed by atoms with E-state index in [1.54, 1.807) is 12.1 Å². The Labute approximate surface area is 152 Å². The zero-order valence-electron chi connectivity index (χ0n) is 14.6. The summed E-state index contributed by atoms with van der Waals surface area (Å²) >= 11 is 0. The summed E-state index contributed by atoms with van der Waals surface area (Å²) in [5, 5.41) is 3.48. The summed E-state index contributed by atoms with van der Waals surface area (Å²) in [6.45, 7) is 2.98. The molecule has 4 rings (SSSR count). The quantitative estimate of drug-likeness (QED) is 0.692. The van der Waals surface area contributed by atoms with Crippen LogP contribution in [0, 0.1) is 5.82 Å². The van der Waals surface area contributed by atoms with Crippen LogP contribution in [-0.4, -0.2) is 28.7 Å². The number of nitrogens with one attached hydrogen (secondary N) is 1. The second-order valence-electron chi connectivity index (χ2n) is 6.55. The highest BCUT2D eigenvalue weighted by Crippen LogP contribution is 2.25. The van der Waals surface area contributed by atoms with E-state index in [1.165, 1.54) is 17.7 Å². The summed E-state index contributed by atoms with van der Waals surface area (Å²) in [4.78, 5) is 4.45. The average Bonchev–Trinajstić information content (AvgIpc) is 3.10. The lowest BCUT2D eigenvalue weighted by atomic mass is 10.1. The Balaban J connectivity index is 1.35. The lowest BCUT2D eigenvalue weighted by Gasteiger charge is -2.26. The van der Waals surface area contributed by atoms with Crippen molar-refractivity contribution in [3.05, 3.63) is 78.0 Å². The number of rotatable bonds is 6. The molecular weight excluding hydrogens is 329 g/mol. The maximum absolute atomic E-state index is 13.2. The molecular formula is C21H22FN3O. The van der Waals surface area contributed by atoms with Crippen LogP contribution in [0.1, 0.15) is 11.4 Å². The maximum Gasteiger partial charge on any atom is 0.135 e. The molecule has 4 nitrogen and oxygen atoms in total. The number of fused-ring (bicyclic) bond motifs is 1. The highest BCUT2D eigenvalue weighted by Gasteiger charge is 2.22. The molecule has 1 aliphatic rings. The van der Waals surface area contributed by atoms with Crippen molar-refractivity contribution in [2.75, 3.05) is 13.1 Å². The van der Waals surface area contributed by atoms with Gasteiger partial charge in [-0.25, -0.2) is 9.37 Å². The third kappa shape index (κ3) is 3.84. The number of halogens is 1. The van der Waals surface area contributed by atoms with Gasteiger partial charge >= 0.3 is 0 Å². The van der Waals surface area contributed by atoms with Crippen LogP contribution < -0.4 is 5.32 Å². The predicted molar refractivity (Wildman–Crippen MR) is 99.2 cm³/mol. The zero-order valence-corrected chi connectivity index (χ0v) is 14.6. The van der Waals surface area contributed by atoms with Crippen molar-refractivity contribution in [1.29, 1.82) is 0 Å². The van der Waals surface area contributed by atoms with E-state index < -0.39 is 0 Å². The zero-order chi connectivity index (χ0) is 17.8. The monoisotopic (exact) mass is 351 g/mol. The molecule has 0 bridgehead atoms. The standard InChI is InChI=1S/C21H22FN3O/c22-18-8-6-17(7-9-18)20-13-24-21-15-26-19(14-25(20)21)12-23-11-10-16-4-2-1-3-5-16/h1-9,13,19,23H,10-12,14-15H2/t19-/m0/s1. The first-order valence-electron chi connectivity index (χ1n) is 8.96. The number of aromatic nitrogens is 2. The number of ether oxygens (including phenoxy) is 1. The van der Waals surface area contributed by atoms with Gasteiger partial charge in [0.25, 0.3) is 0 Å². The van der Waals surface area contributed by atoms with Crippen LogP contribution in [0.2, 0.25) is 0 Å². The fraction of sp³-hybridized carbons (Fsp3) is 0.286. The molecule has 2 aromatic carbocycles. The summed E-state index contributed by atoms with van der Waals surface area (Å²) in [7, 11) is 0. The lowest BCUT2D eigenvalue weighted by Crippen LogP contribution is -2.37. The molecule has 134 valence electrons. The Morgan fingerprint density at radius 3 is 2.73 bits per heavy atom. The maximum atomic E-state index is 13.2. The van der Waals surface area contributed by atoms with Gasteiger partial charge < -0.3 is 14.6 Å². The van der Waals surface area contributed by atoms with E-state index in [9.17, 15) is 4.39 Å². The van der Waals surface area contributed by atoms with Crippen molar-refractivity contribution >= 4 is 0 Å². The van der Waals surface area contributed by atoms with Crippen molar-refractivity contribution in [3.8, 4) is 11.3 Å². The highest BCUT2D eigenvalue weighted by molar-refractivity contribution is 5.59. The van der Waals surface area contributed by atoms with E-state index in [0.29, 0.717) is 6.61 Å². The number of imidazole rings is 1. The molecule has 0 saturated carbocycles.